The molecule has 0 aliphatic heterocycles. The van der Waals surface area contributed by atoms with E-state index in [2.05, 4.69) is 16.0 Å². The zero-order chi connectivity index (χ0) is 51.3. The molecule has 3 aliphatic carbocycles. The Kier molecular flexibility index (Phi) is 14.9. The van der Waals surface area contributed by atoms with Crippen LogP contribution in [-0.4, -0.2) is 64.3 Å². The Balaban J connectivity index is 0.000000157. The van der Waals surface area contributed by atoms with Gasteiger partial charge in [0.2, 0.25) is 0 Å². The molecular formula is C54H44F3N3O11. The van der Waals surface area contributed by atoms with E-state index in [0.29, 0.717) is 76.0 Å². The maximum absolute atomic E-state index is 13.0. The SMILES string of the molecule is CC(C)(O)c1ccc(NC(=O)c2ccc(F)cc2)c2c1CCC2=O.COC(=O)c1ccc(NC(=O)c2ccc(F)cc2)c2c1CCC2=O.O=C(Nc1ccc(C(=O)O)c2c1C(=O)CC2)c1ccc(F)cc1. The quantitative estimate of drug-likeness (QED) is 0.0859. The van der Waals surface area contributed by atoms with E-state index in [1.165, 1.54) is 92.0 Å². The fraction of sp³-hybridized carbons (Fsp3) is 0.185. The molecule has 14 nitrogen and oxygen atoms in total. The van der Waals surface area contributed by atoms with E-state index in [-0.39, 0.29) is 58.1 Å². The summed E-state index contributed by atoms with van der Waals surface area (Å²) in [5, 5.41) is 27.4. The molecule has 0 spiro atoms. The van der Waals surface area contributed by atoms with E-state index < -0.39 is 52.7 Å². The van der Waals surface area contributed by atoms with Gasteiger partial charge in [0.15, 0.2) is 17.3 Å². The lowest BCUT2D eigenvalue weighted by atomic mass is 9.90. The summed E-state index contributed by atoms with van der Waals surface area (Å²) in [5.41, 5.74) is 4.78. The molecule has 3 amide bonds. The van der Waals surface area contributed by atoms with Gasteiger partial charge in [-0.25, -0.2) is 22.8 Å². The number of carboxylic acid groups (broad SMARTS) is 1. The number of halogens is 3. The zero-order valence-electron chi connectivity index (χ0n) is 38.3. The number of fused-ring (bicyclic) bond motifs is 3. The standard InChI is InChI=1S/C19H18FNO3.C18H14FNO4.C17H12FNO4/c1-19(2,24)14-8-9-15(17-13(14)7-10-16(17)22)21-18(23)11-3-5-12(20)6-4-11;1-24-18(23)13-6-8-14(16-12(13)7-9-15(16)21)20-17(22)10-2-4-11(19)5-3-10;18-10-3-1-9(2-4-10)16(21)19-13-7-5-12(17(22)23)11-6-8-14(20)15(11)13/h3-6,8-9,24H,7,10H2,1-2H3,(H,21,23);2-6,8H,7,9H2,1H3,(H,20,22);1-5,7H,6,8H2,(H,19,21)(H,22,23). The molecule has 3 aliphatic rings. The van der Waals surface area contributed by atoms with Gasteiger partial charge in [-0.3, -0.25) is 28.8 Å². The molecule has 9 rings (SSSR count). The summed E-state index contributed by atoms with van der Waals surface area (Å²) in [6, 6.07) is 24.5. The van der Waals surface area contributed by atoms with Crippen LogP contribution in [0, 0.1) is 17.5 Å². The molecule has 0 unspecified atom stereocenters. The first-order valence-electron chi connectivity index (χ1n) is 22.1. The first-order chi connectivity index (χ1) is 33.7. The van der Waals surface area contributed by atoms with Crippen molar-refractivity contribution in [3.8, 4) is 0 Å². The predicted octanol–water partition coefficient (Wildman–Crippen LogP) is 9.33. The fourth-order valence-electron chi connectivity index (χ4n) is 8.54. The number of carbonyl (C=O) groups is 8. The lowest BCUT2D eigenvalue weighted by Gasteiger charge is -2.22. The number of amides is 3. The highest BCUT2D eigenvalue weighted by Crippen LogP contribution is 2.37. The van der Waals surface area contributed by atoms with Crippen molar-refractivity contribution >= 4 is 64.1 Å². The number of anilines is 3. The summed E-state index contributed by atoms with van der Waals surface area (Å²) in [5.74, 6) is -4.67. The number of aromatic carboxylic acids is 1. The van der Waals surface area contributed by atoms with E-state index in [1.54, 1.807) is 26.0 Å². The van der Waals surface area contributed by atoms with Crippen molar-refractivity contribution < 1.29 is 66.5 Å². The second-order valence-corrected chi connectivity index (χ2v) is 17.1. The number of ether oxygens (including phenoxy) is 1. The molecule has 6 aromatic carbocycles. The molecule has 0 aromatic heterocycles. The summed E-state index contributed by atoms with van der Waals surface area (Å²) in [7, 11) is 1.27. The Morgan fingerprint density at radius 3 is 1.15 bits per heavy atom. The monoisotopic (exact) mass is 967 g/mol. The molecule has 6 aromatic rings. The minimum absolute atomic E-state index is 0.0505. The van der Waals surface area contributed by atoms with Crippen molar-refractivity contribution in [3.05, 3.63) is 193 Å². The van der Waals surface area contributed by atoms with E-state index in [1.807, 2.05) is 0 Å². The lowest BCUT2D eigenvalue weighted by Crippen LogP contribution is -2.20. The van der Waals surface area contributed by atoms with E-state index >= 15 is 0 Å². The molecule has 0 fully saturated rings. The number of ketones is 3. The van der Waals surface area contributed by atoms with Crippen molar-refractivity contribution in [1.29, 1.82) is 0 Å². The third-order valence-electron chi connectivity index (χ3n) is 11.9. The zero-order valence-corrected chi connectivity index (χ0v) is 38.3. The normalized spacial score (nSPS) is 13.1. The van der Waals surface area contributed by atoms with Gasteiger partial charge >= 0.3 is 11.9 Å². The van der Waals surface area contributed by atoms with Crippen LogP contribution in [0.1, 0.15) is 138 Å². The Labute approximate surface area is 403 Å². The summed E-state index contributed by atoms with van der Waals surface area (Å²) in [6.45, 7) is 3.34. The van der Waals surface area contributed by atoms with Crippen molar-refractivity contribution in [3.63, 3.8) is 0 Å². The number of carboxylic acids is 1. The number of methoxy groups -OCH3 is 1. The molecule has 0 radical (unpaired) electrons. The average Bonchev–Trinajstić information content (AvgIpc) is 4.06. The number of Topliss-reactive ketones (excluding diaryl/α,β-unsaturated/α-hetero) is 3. The van der Waals surface area contributed by atoms with Crippen LogP contribution in [0.5, 0.6) is 0 Å². The van der Waals surface area contributed by atoms with Crippen molar-refractivity contribution in [1.82, 2.24) is 0 Å². The summed E-state index contributed by atoms with van der Waals surface area (Å²) in [6.07, 6.45) is 2.19. The molecule has 0 bridgehead atoms. The number of carbonyl (C=O) groups excluding carboxylic acids is 7. The smallest absolute Gasteiger partial charge is 0.338 e. The Morgan fingerprint density at radius 1 is 0.479 bits per heavy atom. The summed E-state index contributed by atoms with van der Waals surface area (Å²) < 4.78 is 43.5. The van der Waals surface area contributed by atoms with Crippen molar-refractivity contribution in [2.75, 3.05) is 23.1 Å². The number of hydrogen-bond acceptors (Lipinski definition) is 10. The van der Waals surface area contributed by atoms with Gasteiger partial charge in [0.1, 0.15) is 17.5 Å². The fourth-order valence-corrected chi connectivity index (χ4v) is 8.54. The number of rotatable bonds is 9. The van der Waals surface area contributed by atoms with Gasteiger partial charge in [0.05, 0.1) is 40.9 Å². The molecule has 17 heteroatoms. The first-order valence-corrected chi connectivity index (χ1v) is 22.1. The third-order valence-corrected chi connectivity index (χ3v) is 11.9. The minimum atomic E-state index is -1.10. The number of hydrogen-bond donors (Lipinski definition) is 5. The number of nitrogens with one attached hydrogen (secondary N) is 3. The molecule has 0 heterocycles. The van der Waals surface area contributed by atoms with Crippen LogP contribution >= 0.6 is 0 Å². The Morgan fingerprint density at radius 2 is 0.803 bits per heavy atom. The molecule has 362 valence electrons. The average molecular weight is 968 g/mol. The second kappa shape index (κ2) is 21.0. The Hall–Kier alpha value is -8.57. The minimum Gasteiger partial charge on any atom is -0.478 e. The van der Waals surface area contributed by atoms with Gasteiger partial charge in [-0.1, -0.05) is 6.07 Å². The van der Waals surface area contributed by atoms with Crippen LogP contribution < -0.4 is 16.0 Å². The van der Waals surface area contributed by atoms with Crippen LogP contribution in [0.3, 0.4) is 0 Å². The van der Waals surface area contributed by atoms with E-state index in [0.717, 1.165) is 17.7 Å². The molecule has 5 N–H and O–H groups in total. The first kappa shape index (κ1) is 50.3. The van der Waals surface area contributed by atoms with Gasteiger partial charge in [0.25, 0.3) is 17.7 Å². The van der Waals surface area contributed by atoms with E-state index in [4.69, 9.17) is 4.74 Å². The van der Waals surface area contributed by atoms with Crippen LogP contribution in [0.4, 0.5) is 30.2 Å². The van der Waals surface area contributed by atoms with Gasteiger partial charge in [-0.2, -0.15) is 0 Å². The largest absolute Gasteiger partial charge is 0.478 e. The predicted molar refractivity (Wildman–Crippen MR) is 254 cm³/mol. The third kappa shape index (κ3) is 11.2. The molecule has 0 atom stereocenters. The van der Waals surface area contributed by atoms with Gasteiger partial charge in [-0.15, -0.1) is 0 Å². The number of benzene rings is 6. The van der Waals surface area contributed by atoms with Crippen LogP contribution in [0.15, 0.2) is 109 Å². The number of esters is 1. The lowest BCUT2D eigenvalue weighted by molar-refractivity contribution is 0.0597. The highest BCUT2D eigenvalue weighted by atomic mass is 19.1. The summed E-state index contributed by atoms with van der Waals surface area (Å²) in [4.78, 5) is 96.2. The topological polar surface area (TPSA) is 222 Å². The highest BCUT2D eigenvalue weighted by molar-refractivity contribution is 6.15. The van der Waals surface area contributed by atoms with Crippen molar-refractivity contribution in [2.45, 2.75) is 58.0 Å². The van der Waals surface area contributed by atoms with Gasteiger partial charge in [-0.05, 0) is 158 Å². The maximum Gasteiger partial charge on any atom is 0.338 e. The summed E-state index contributed by atoms with van der Waals surface area (Å²) >= 11 is 0. The molecule has 0 saturated heterocycles. The van der Waals surface area contributed by atoms with E-state index in [9.17, 15) is 61.7 Å². The number of aliphatic hydroxyl groups is 1. The maximum atomic E-state index is 13.0. The van der Waals surface area contributed by atoms with Gasteiger partial charge in [0, 0.05) is 52.6 Å². The van der Waals surface area contributed by atoms with Crippen molar-refractivity contribution in [2.24, 2.45) is 0 Å². The highest BCUT2D eigenvalue weighted by Gasteiger charge is 2.33. The molecular weight excluding hydrogens is 924 g/mol. The van der Waals surface area contributed by atoms with Crippen LogP contribution in [-0.2, 0) is 29.6 Å². The molecule has 0 saturated carbocycles. The van der Waals surface area contributed by atoms with Crippen LogP contribution in [0.25, 0.3) is 0 Å². The van der Waals surface area contributed by atoms with Gasteiger partial charge < -0.3 is 30.9 Å². The second-order valence-electron chi connectivity index (χ2n) is 17.1. The Bertz CT molecular complexity index is 3160. The van der Waals surface area contributed by atoms with Crippen LogP contribution in [0.2, 0.25) is 0 Å². The molecule has 71 heavy (non-hydrogen) atoms.